The lowest BCUT2D eigenvalue weighted by atomic mass is 10.1. The molecule has 0 bridgehead atoms. The van der Waals surface area contributed by atoms with Gasteiger partial charge in [-0.25, -0.2) is 14.6 Å². The van der Waals surface area contributed by atoms with Crippen LogP contribution in [0.5, 0.6) is 5.75 Å². The number of thioether (sulfide) groups is 1. The zero-order chi connectivity index (χ0) is 24.5. The molecule has 1 saturated heterocycles. The number of ether oxygens (including phenoxy) is 1. The van der Waals surface area contributed by atoms with Gasteiger partial charge in [0.15, 0.2) is 0 Å². The molecule has 0 N–H and O–H groups in total. The topological polar surface area (TPSA) is 87.2 Å². The lowest BCUT2D eigenvalue weighted by Gasteiger charge is -2.37. The van der Waals surface area contributed by atoms with Gasteiger partial charge < -0.3 is 9.64 Å². The largest absolute Gasteiger partial charge is 0.497 e. The molecule has 8 nitrogen and oxygen atoms in total. The van der Waals surface area contributed by atoms with Crippen LogP contribution < -0.4 is 14.5 Å². The number of rotatable bonds is 5. The number of nitrogens with zero attached hydrogens (tertiary/aromatic N) is 3. The van der Waals surface area contributed by atoms with Gasteiger partial charge in [0.05, 0.1) is 24.5 Å². The van der Waals surface area contributed by atoms with E-state index in [-0.39, 0.29) is 11.7 Å². The second-order valence-corrected chi connectivity index (χ2v) is 9.04. The number of hydrogen-bond acceptors (Lipinski definition) is 6. The molecule has 0 aliphatic carbocycles. The molecular formula is C26H21N3O5S. The molecule has 5 amide bonds. The number of methoxy groups -OCH3 is 1. The molecular weight excluding hydrogens is 466 g/mol. The Balaban J connectivity index is 1.44. The molecule has 0 radical (unpaired) electrons. The number of carbonyl (C=O) groups excluding carboxylic acids is 4. The third-order valence-electron chi connectivity index (χ3n) is 5.96. The van der Waals surface area contributed by atoms with Crippen molar-refractivity contribution in [1.82, 2.24) is 4.90 Å². The predicted molar refractivity (Wildman–Crippen MR) is 131 cm³/mol. The number of imide groups is 2. The van der Waals surface area contributed by atoms with Gasteiger partial charge in [-0.2, -0.15) is 0 Å². The summed E-state index contributed by atoms with van der Waals surface area (Å²) in [6.45, 7) is -0.543. The van der Waals surface area contributed by atoms with Gasteiger partial charge >= 0.3 is 17.8 Å². The van der Waals surface area contributed by atoms with Crippen molar-refractivity contribution in [2.75, 3.05) is 29.2 Å². The highest BCUT2D eigenvalue weighted by atomic mass is 32.2. The van der Waals surface area contributed by atoms with E-state index in [0.29, 0.717) is 22.1 Å². The van der Waals surface area contributed by atoms with E-state index in [2.05, 4.69) is 0 Å². The number of urea groups is 1. The first-order valence-corrected chi connectivity index (χ1v) is 11.9. The molecule has 0 saturated carbocycles. The first-order chi connectivity index (χ1) is 17.0. The van der Waals surface area contributed by atoms with Crippen molar-refractivity contribution in [2.45, 2.75) is 10.9 Å². The van der Waals surface area contributed by atoms with Crippen molar-refractivity contribution in [1.29, 1.82) is 0 Å². The van der Waals surface area contributed by atoms with Crippen LogP contribution in [0.3, 0.4) is 0 Å². The van der Waals surface area contributed by atoms with Crippen molar-refractivity contribution >= 4 is 46.9 Å². The van der Waals surface area contributed by atoms with Crippen molar-refractivity contribution < 1.29 is 23.9 Å². The molecule has 35 heavy (non-hydrogen) atoms. The first-order valence-electron chi connectivity index (χ1n) is 10.9. The molecule has 0 spiro atoms. The molecule has 3 aromatic rings. The van der Waals surface area contributed by atoms with Gasteiger partial charge in [0.1, 0.15) is 12.3 Å². The van der Waals surface area contributed by atoms with Crippen LogP contribution in [0, 0.1) is 0 Å². The van der Waals surface area contributed by atoms with Gasteiger partial charge in [-0.05, 0) is 42.0 Å². The van der Waals surface area contributed by atoms with Crippen LogP contribution in [0.4, 0.5) is 16.2 Å². The number of fused-ring (bicyclic) bond motifs is 1. The third-order valence-corrected chi connectivity index (χ3v) is 7.10. The van der Waals surface area contributed by atoms with Crippen LogP contribution in [-0.4, -0.2) is 48.1 Å². The standard InChI is InChI=1S/C26H21N3O5S/c1-34-19-13-11-18(12-14-19)28-25(32)24(31)27(26(28)33)15-23(30)29-20-9-5-6-10-22(20)35-16-21(29)17-7-3-2-4-8-17/h2-14,21H,15-16H2,1H3/t21-/m0/s1. The molecule has 3 aromatic carbocycles. The van der Waals surface area contributed by atoms with Gasteiger partial charge in [0, 0.05) is 10.6 Å². The molecule has 0 unspecified atom stereocenters. The lowest BCUT2D eigenvalue weighted by Crippen LogP contribution is -2.46. The van der Waals surface area contributed by atoms with E-state index in [1.54, 1.807) is 28.8 Å². The summed E-state index contributed by atoms with van der Waals surface area (Å²) in [5.41, 5.74) is 1.88. The van der Waals surface area contributed by atoms with Gasteiger partial charge in [-0.1, -0.05) is 42.5 Å². The highest BCUT2D eigenvalue weighted by Gasteiger charge is 2.47. The van der Waals surface area contributed by atoms with E-state index in [9.17, 15) is 19.2 Å². The second kappa shape index (κ2) is 9.27. The average molecular weight is 488 g/mol. The molecule has 2 heterocycles. The predicted octanol–water partition coefficient (Wildman–Crippen LogP) is 3.87. The van der Waals surface area contributed by atoms with Crippen LogP contribution in [0.1, 0.15) is 11.6 Å². The van der Waals surface area contributed by atoms with Crippen molar-refractivity contribution in [3.8, 4) is 5.75 Å². The summed E-state index contributed by atoms with van der Waals surface area (Å²) in [6.07, 6.45) is 0. The minimum atomic E-state index is -1.03. The van der Waals surface area contributed by atoms with Crippen molar-refractivity contribution in [3.63, 3.8) is 0 Å². The molecule has 2 aliphatic heterocycles. The van der Waals surface area contributed by atoms with E-state index in [1.165, 1.54) is 19.2 Å². The van der Waals surface area contributed by atoms with Crippen molar-refractivity contribution in [2.24, 2.45) is 0 Å². The fourth-order valence-electron chi connectivity index (χ4n) is 4.23. The summed E-state index contributed by atoms with van der Waals surface area (Å²) < 4.78 is 5.11. The van der Waals surface area contributed by atoms with Crippen LogP contribution >= 0.6 is 11.8 Å². The minimum absolute atomic E-state index is 0.228. The van der Waals surface area contributed by atoms with Crippen molar-refractivity contribution in [3.05, 3.63) is 84.4 Å². The average Bonchev–Trinajstić information content (AvgIpc) is 3.11. The third kappa shape index (κ3) is 4.04. The molecule has 5 rings (SSSR count). The molecule has 1 fully saturated rings. The maximum absolute atomic E-state index is 13.6. The summed E-state index contributed by atoms with van der Waals surface area (Å²) in [5, 5.41) is 0. The van der Waals surface area contributed by atoms with Gasteiger partial charge in [0.2, 0.25) is 5.91 Å². The number of amides is 5. The Labute approximate surface area is 206 Å². The SMILES string of the molecule is COc1ccc(N2C(=O)C(=O)N(CC(=O)N3c4ccccc4SC[C@H]3c3ccccc3)C2=O)cc1. The van der Waals surface area contributed by atoms with Crippen LogP contribution in [0.15, 0.2) is 83.8 Å². The summed E-state index contributed by atoms with van der Waals surface area (Å²) in [6, 6.07) is 22.2. The first kappa shape index (κ1) is 22.7. The van der Waals surface area contributed by atoms with Crippen LogP contribution in [0.2, 0.25) is 0 Å². The van der Waals surface area contributed by atoms with Gasteiger partial charge in [-0.3, -0.25) is 14.4 Å². The summed E-state index contributed by atoms with van der Waals surface area (Å²) in [4.78, 5) is 56.2. The Kier molecular flexibility index (Phi) is 6.00. The summed E-state index contributed by atoms with van der Waals surface area (Å²) >= 11 is 1.64. The molecule has 9 heteroatoms. The molecule has 176 valence electrons. The smallest absolute Gasteiger partial charge is 0.339 e. The lowest BCUT2D eigenvalue weighted by molar-refractivity contribution is -0.140. The number of hydrogen-bond donors (Lipinski definition) is 0. The number of benzene rings is 3. The normalized spacial score (nSPS) is 17.6. The Morgan fingerprint density at radius 3 is 2.31 bits per heavy atom. The number of anilines is 2. The Bertz CT molecular complexity index is 1310. The number of carbonyl (C=O) groups is 4. The highest BCUT2D eigenvalue weighted by molar-refractivity contribution is 7.99. The number of para-hydroxylation sites is 1. The van der Waals surface area contributed by atoms with Crippen LogP contribution in [0.25, 0.3) is 0 Å². The Morgan fingerprint density at radius 2 is 1.60 bits per heavy atom. The maximum Gasteiger partial charge on any atom is 0.339 e. The zero-order valence-corrected chi connectivity index (χ0v) is 19.6. The molecule has 2 aliphatic rings. The second-order valence-electron chi connectivity index (χ2n) is 7.98. The summed E-state index contributed by atoms with van der Waals surface area (Å²) in [7, 11) is 1.50. The molecule has 0 aromatic heterocycles. The Hall–Kier alpha value is -4.11. The van der Waals surface area contributed by atoms with E-state index in [1.807, 2.05) is 54.6 Å². The summed E-state index contributed by atoms with van der Waals surface area (Å²) in [5.74, 6) is -1.32. The fourth-order valence-corrected chi connectivity index (χ4v) is 5.40. The van der Waals surface area contributed by atoms with E-state index >= 15 is 0 Å². The Morgan fingerprint density at radius 1 is 0.914 bits per heavy atom. The molecule has 1 atom stereocenters. The van der Waals surface area contributed by atoms with Crippen LogP contribution in [-0.2, 0) is 14.4 Å². The monoisotopic (exact) mass is 487 g/mol. The van der Waals surface area contributed by atoms with E-state index < -0.39 is 30.3 Å². The van der Waals surface area contributed by atoms with E-state index in [0.717, 1.165) is 15.4 Å². The quantitative estimate of drug-likeness (QED) is 0.401. The van der Waals surface area contributed by atoms with E-state index in [4.69, 9.17) is 4.74 Å². The fraction of sp³-hybridized carbons (Fsp3) is 0.154. The van der Waals surface area contributed by atoms with Gasteiger partial charge in [-0.15, -0.1) is 11.8 Å². The zero-order valence-electron chi connectivity index (χ0n) is 18.8. The minimum Gasteiger partial charge on any atom is -0.497 e. The maximum atomic E-state index is 13.6. The highest BCUT2D eigenvalue weighted by Crippen LogP contribution is 2.43. The van der Waals surface area contributed by atoms with Gasteiger partial charge in [0.25, 0.3) is 0 Å².